The standard InChI is InChI=1S/C14H20FNO5S/c1-3-14(4-2)20-12(9-16-22(17,18)19)13(21-14)10-7-5-6-8-11(10)15/h5-8,12-13,16H,3-4,9H2,1-2H3,(H,17,18,19)/t12-,13-/m0/s1. The minimum Gasteiger partial charge on any atom is -0.342 e. The quantitative estimate of drug-likeness (QED) is 0.780. The molecular weight excluding hydrogens is 313 g/mol. The van der Waals surface area contributed by atoms with Crippen molar-refractivity contribution in [3.8, 4) is 0 Å². The molecule has 124 valence electrons. The van der Waals surface area contributed by atoms with Crippen molar-refractivity contribution in [2.45, 2.75) is 44.7 Å². The Morgan fingerprint density at radius 1 is 1.27 bits per heavy atom. The fraction of sp³-hybridized carbons (Fsp3) is 0.571. The van der Waals surface area contributed by atoms with E-state index in [9.17, 15) is 12.8 Å². The zero-order chi connectivity index (χ0) is 16.4. The van der Waals surface area contributed by atoms with Gasteiger partial charge in [-0.15, -0.1) is 0 Å². The topological polar surface area (TPSA) is 84.9 Å². The van der Waals surface area contributed by atoms with Gasteiger partial charge < -0.3 is 9.47 Å². The normalized spacial score (nSPS) is 24.5. The lowest BCUT2D eigenvalue weighted by Crippen LogP contribution is -2.36. The Morgan fingerprint density at radius 2 is 1.91 bits per heavy atom. The molecule has 22 heavy (non-hydrogen) atoms. The first kappa shape index (κ1) is 17.3. The van der Waals surface area contributed by atoms with Crippen molar-refractivity contribution < 1.29 is 26.8 Å². The fourth-order valence-electron chi connectivity index (χ4n) is 2.56. The molecule has 1 heterocycles. The smallest absolute Gasteiger partial charge is 0.333 e. The van der Waals surface area contributed by atoms with Crippen molar-refractivity contribution in [2.24, 2.45) is 0 Å². The third kappa shape index (κ3) is 3.82. The van der Waals surface area contributed by atoms with E-state index in [-0.39, 0.29) is 6.54 Å². The first-order valence-corrected chi connectivity index (χ1v) is 8.56. The van der Waals surface area contributed by atoms with Crippen molar-refractivity contribution in [3.63, 3.8) is 0 Å². The average Bonchev–Trinajstić information content (AvgIpc) is 2.85. The van der Waals surface area contributed by atoms with Crippen molar-refractivity contribution in [1.29, 1.82) is 0 Å². The van der Waals surface area contributed by atoms with E-state index in [1.165, 1.54) is 6.07 Å². The van der Waals surface area contributed by atoms with Gasteiger partial charge in [-0.1, -0.05) is 32.0 Å². The molecule has 0 aliphatic carbocycles. The Morgan fingerprint density at radius 3 is 2.45 bits per heavy atom. The minimum absolute atomic E-state index is 0.209. The van der Waals surface area contributed by atoms with E-state index in [0.717, 1.165) is 0 Å². The highest BCUT2D eigenvalue weighted by Gasteiger charge is 2.46. The molecule has 1 aliphatic rings. The molecule has 2 rings (SSSR count). The SMILES string of the molecule is CCC1(CC)O[C@@H](CNS(=O)(=O)O)[C@H](c2ccccc2F)O1. The molecule has 2 atom stereocenters. The number of halogens is 1. The molecular formula is C14H20FNO5S. The van der Waals surface area contributed by atoms with Gasteiger partial charge in [-0.25, -0.2) is 4.39 Å². The lowest BCUT2D eigenvalue weighted by Gasteiger charge is -2.25. The number of ether oxygens (including phenoxy) is 2. The molecule has 0 amide bonds. The maximum absolute atomic E-state index is 14.0. The molecule has 1 aliphatic heterocycles. The third-order valence-corrected chi connectivity index (χ3v) is 4.33. The number of benzene rings is 1. The van der Waals surface area contributed by atoms with Gasteiger partial charge in [-0.05, 0) is 18.9 Å². The lowest BCUT2D eigenvalue weighted by atomic mass is 10.0. The second kappa shape index (κ2) is 6.59. The van der Waals surface area contributed by atoms with Gasteiger partial charge in [0.1, 0.15) is 18.0 Å². The molecule has 0 saturated carbocycles. The number of hydrogen-bond acceptors (Lipinski definition) is 4. The van der Waals surface area contributed by atoms with Gasteiger partial charge in [0.05, 0.1) is 0 Å². The number of hydrogen-bond donors (Lipinski definition) is 2. The minimum atomic E-state index is -4.36. The van der Waals surface area contributed by atoms with Crippen LogP contribution in [-0.4, -0.2) is 31.4 Å². The van der Waals surface area contributed by atoms with E-state index in [4.69, 9.17) is 14.0 Å². The van der Waals surface area contributed by atoms with Crippen molar-refractivity contribution in [3.05, 3.63) is 35.6 Å². The molecule has 0 radical (unpaired) electrons. The van der Waals surface area contributed by atoms with Crippen LogP contribution in [0.2, 0.25) is 0 Å². The molecule has 0 aromatic heterocycles. The van der Waals surface area contributed by atoms with Crippen LogP contribution in [0.5, 0.6) is 0 Å². The van der Waals surface area contributed by atoms with Crippen LogP contribution in [0.4, 0.5) is 4.39 Å². The van der Waals surface area contributed by atoms with Crippen LogP contribution in [0.25, 0.3) is 0 Å². The summed E-state index contributed by atoms with van der Waals surface area (Å²) in [6.45, 7) is 3.54. The Balaban J connectivity index is 2.29. The second-order valence-electron chi connectivity index (χ2n) is 5.16. The average molecular weight is 333 g/mol. The Kier molecular flexibility index (Phi) is 5.18. The van der Waals surface area contributed by atoms with Gasteiger partial charge in [0.2, 0.25) is 0 Å². The van der Waals surface area contributed by atoms with Gasteiger partial charge in [0.25, 0.3) is 0 Å². The van der Waals surface area contributed by atoms with E-state index in [2.05, 4.69) is 0 Å². The molecule has 0 bridgehead atoms. The first-order chi connectivity index (χ1) is 10.3. The molecule has 1 fully saturated rings. The van der Waals surface area contributed by atoms with Crippen molar-refractivity contribution >= 4 is 10.3 Å². The molecule has 1 aromatic carbocycles. The Hall–Kier alpha value is -1.06. The van der Waals surface area contributed by atoms with Gasteiger partial charge in [-0.3, -0.25) is 4.55 Å². The van der Waals surface area contributed by atoms with Crippen LogP contribution in [-0.2, 0) is 19.8 Å². The summed E-state index contributed by atoms with van der Waals surface area (Å²) >= 11 is 0. The summed E-state index contributed by atoms with van der Waals surface area (Å²) < 4.78 is 58.3. The van der Waals surface area contributed by atoms with E-state index < -0.39 is 34.1 Å². The summed E-state index contributed by atoms with van der Waals surface area (Å²) in [4.78, 5) is 0. The van der Waals surface area contributed by atoms with Crippen molar-refractivity contribution in [2.75, 3.05) is 6.54 Å². The van der Waals surface area contributed by atoms with E-state index >= 15 is 0 Å². The zero-order valence-corrected chi connectivity index (χ0v) is 13.3. The van der Waals surface area contributed by atoms with Crippen LogP contribution >= 0.6 is 0 Å². The summed E-state index contributed by atoms with van der Waals surface area (Å²) in [6, 6.07) is 6.12. The zero-order valence-electron chi connectivity index (χ0n) is 12.5. The molecule has 2 N–H and O–H groups in total. The molecule has 6 nitrogen and oxygen atoms in total. The van der Waals surface area contributed by atoms with E-state index in [1.54, 1.807) is 18.2 Å². The fourth-order valence-corrected chi connectivity index (χ4v) is 2.94. The predicted octanol–water partition coefficient (Wildman–Crippen LogP) is 2.19. The van der Waals surface area contributed by atoms with Crippen LogP contribution in [0.15, 0.2) is 24.3 Å². The maximum Gasteiger partial charge on any atom is 0.333 e. The molecule has 1 aromatic rings. The number of rotatable bonds is 6. The monoisotopic (exact) mass is 333 g/mol. The van der Waals surface area contributed by atoms with Crippen LogP contribution < -0.4 is 4.72 Å². The summed E-state index contributed by atoms with van der Waals surface area (Å²) in [5.74, 6) is -1.34. The van der Waals surface area contributed by atoms with Gasteiger partial charge >= 0.3 is 10.3 Å². The third-order valence-electron chi connectivity index (χ3n) is 3.80. The molecule has 0 spiro atoms. The second-order valence-corrected chi connectivity index (χ2v) is 6.40. The Labute approximate surface area is 129 Å². The van der Waals surface area contributed by atoms with E-state index in [0.29, 0.717) is 18.4 Å². The molecule has 1 saturated heterocycles. The Bertz CT molecular complexity index is 617. The lowest BCUT2D eigenvalue weighted by molar-refractivity contribution is -0.179. The van der Waals surface area contributed by atoms with E-state index in [1.807, 2.05) is 18.6 Å². The summed E-state index contributed by atoms with van der Waals surface area (Å²) in [5.41, 5.74) is 0.299. The van der Waals surface area contributed by atoms with Crippen molar-refractivity contribution in [1.82, 2.24) is 4.72 Å². The predicted molar refractivity (Wildman–Crippen MR) is 78.0 cm³/mol. The highest BCUT2D eigenvalue weighted by Crippen LogP contribution is 2.42. The highest BCUT2D eigenvalue weighted by molar-refractivity contribution is 7.83. The molecule has 0 unspecified atom stereocenters. The summed E-state index contributed by atoms with van der Waals surface area (Å²) in [7, 11) is -4.36. The van der Waals surface area contributed by atoms with Crippen LogP contribution in [0, 0.1) is 5.82 Å². The highest BCUT2D eigenvalue weighted by atomic mass is 32.2. The van der Waals surface area contributed by atoms with Crippen LogP contribution in [0.3, 0.4) is 0 Å². The molecule has 8 heteroatoms. The van der Waals surface area contributed by atoms with Crippen LogP contribution in [0.1, 0.15) is 38.4 Å². The van der Waals surface area contributed by atoms with Gasteiger partial charge in [-0.2, -0.15) is 13.1 Å². The van der Waals surface area contributed by atoms with Gasteiger partial charge in [0.15, 0.2) is 5.79 Å². The first-order valence-electron chi connectivity index (χ1n) is 7.12. The van der Waals surface area contributed by atoms with Gasteiger partial charge in [0, 0.05) is 12.1 Å². The number of nitrogens with one attached hydrogen (secondary N) is 1. The largest absolute Gasteiger partial charge is 0.342 e. The summed E-state index contributed by atoms with van der Waals surface area (Å²) in [5, 5.41) is 0. The maximum atomic E-state index is 14.0. The summed E-state index contributed by atoms with van der Waals surface area (Å²) in [6.07, 6.45) is -0.415.